The van der Waals surface area contributed by atoms with Crippen molar-refractivity contribution in [3.8, 4) is 0 Å². The van der Waals surface area contributed by atoms with Crippen LogP contribution in [0.2, 0.25) is 0 Å². The minimum absolute atomic E-state index is 0.0748. The number of carbonyl (C=O) groups is 1. The van der Waals surface area contributed by atoms with Crippen LogP contribution in [0.1, 0.15) is 42.5 Å². The number of halogens is 2. The molecule has 0 amide bonds. The van der Waals surface area contributed by atoms with Crippen molar-refractivity contribution in [1.29, 1.82) is 0 Å². The third-order valence-electron chi connectivity index (χ3n) is 6.68. The summed E-state index contributed by atoms with van der Waals surface area (Å²) in [6.45, 7) is 0.632. The van der Waals surface area contributed by atoms with Gasteiger partial charge in [-0.25, -0.2) is 13.8 Å². The molecular formula is C27H27F2N3O4. The van der Waals surface area contributed by atoms with Gasteiger partial charge in [-0.2, -0.15) is 0 Å². The third-order valence-corrected chi connectivity index (χ3v) is 6.68. The van der Waals surface area contributed by atoms with Gasteiger partial charge < -0.3 is 9.64 Å². The molecule has 1 heterocycles. The summed E-state index contributed by atoms with van der Waals surface area (Å²) in [4.78, 5) is 30.8. The Labute approximate surface area is 207 Å². The zero-order chi connectivity index (χ0) is 25.8. The summed E-state index contributed by atoms with van der Waals surface area (Å²) >= 11 is 0. The molecule has 4 rings (SSSR count). The van der Waals surface area contributed by atoms with Gasteiger partial charge in [0.25, 0.3) is 0 Å². The van der Waals surface area contributed by atoms with Crippen LogP contribution >= 0.6 is 0 Å². The summed E-state index contributed by atoms with van der Waals surface area (Å²) < 4.78 is 33.1. The van der Waals surface area contributed by atoms with Gasteiger partial charge in [0, 0.05) is 32.0 Å². The van der Waals surface area contributed by atoms with Crippen molar-refractivity contribution in [1.82, 2.24) is 4.98 Å². The van der Waals surface area contributed by atoms with Crippen molar-refractivity contribution in [3.63, 3.8) is 0 Å². The van der Waals surface area contributed by atoms with E-state index in [1.54, 1.807) is 4.90 Å². The quantitative estimate of drug-likeness (QED) is 0.223. The van der Waals surface area contributed by atoms with Crippen LogP contribution in [-0.2, 0) is 28.0 Å². The number of nitro groups is 1. The molecule has 0 aliphatic heterocycles. The van der Waals surface area contributed by atoms with Crippen molar-refractivity contribution in [2.24, 2.45) is 0 Å². The Morgan fingerprint density at radius 1 is 0.944 bits per heavy atom. The predicted octanol–water partition coefficient (Wildman–Crippen LogP) is 5.82. The first kappa shape index (κ1) is 25.2. The van der Waals surface area contributed by atoms with Crippen LogP contribution in [0.15, 0.2) is 72.8 Å². The minimum atomic E-state index is -2.88. The number of hydrogen-bond donors (Lipinski definition) is 0. The number of anilines is 1. The Balaban J connectivity index is 1.82. The van der Waals surface area contributed by atoms with E-state index in [0.29, 0.717) is 13.1 Å². The van der Waals surface area contributed by atoms with Crippen LogP contribution in [-0.4, -0.2) is 28.9 Å². The Morgan fingerprint density at radius 2 is 1.47 bits per heavy atom. The number of pyridine rings is 1. The normalized spacial score (nSPS) is 16.2. The molecule has 9 heteroatoms. The molecule has 7 nitrogen and oxygen atoms in total. The number of methoxy groups -OCH3 is 1. The average molecular weight is 496 g/mol. The van der Waals surface area contributed by atoms with Gasteiger partial charge >= 0.3 is 11.7 Å². The molecule has 0 saturated heterocycles. The third kappa shape index (κ3) is 5.35. The van der Waals surface area contributed by atoms with E-state index in [2.05, 4.69) is 4.98 Å². The molecule has 0 spiro atoms. The maximum atomic E-state index is 14.0. The second-order valence-electron chi connectivity index (χ2n) is 9.05. The standard InChI is InChI=1S/C27H27F2N3O4/c1-36-25(33)26(14-16-27(28,29)17-15-26)23-13-12-22(32(34)35)24(30-23)31(18-20-8-4-2-5-9-20)19-21-10-6-3-7-11-21/h2-13H,14-19H2,1H3. The zero-order valence-corrected chi connectivity index (χ0v) is 19.9. The van der Waals surface area contributed by atoms with E-state index in [9.17, 15) is 23.7 Å². The molecule has 1 saturated carbocycles. The Hall–Kier alpha value is -3.88. The molecule has 2 aromatic carbocycles. The minimum Gasteiger partial charge on any atom is -0.468 e. The van der Waals surface area contributed by atoms with Crippen LogP contribution in [0, 0.1) is 10.1 Å². The molecule has 0 atom stereocenters. The van der Waals surface area contributed by atoms with E-state index in [0.717, 1.165) is 11.1 Å². The Kier molecular flexibility index (Phi) is 7.28. The lowest BCUT2D eigenvalue weighted by molar-refractivity contribution is -0.384. The molecule has 188 valence electrons. The molecular weight excluding hydrogens is 468 g/mol. The first-order valence-corrected chi connectivity index (χ1v) is 11.7. The maximum Gasteiger partial charge on any atom is 0.317 e. The molecule has 1 aromatic heterocycles. The van der Waals surface area contributed by atoms with Crippen molar-refractivity contribution in [2.75, 3.05) is 12.0 Å². The molecule has 0 radical (unpaired) electrons. The Morgan fingerprint density at radius 3 is 1.94 bits per heavy atom. The monoisotopic (exact) mass is 495 g/mol. The van der Waals surface area contributed by atoms with Gasteiger partial charge in [-0.1, -0.05) is 60.7 Å². The molecule has 36 heavy (non-hydrogen) atoms. The summed E-state index contributed by atoms with van der Waals surface area (Å²) in [5.41, 5.74) is 0.402. The lowest BCUT2D eigenvalue weighted by Gasteiger charge is -2.37. The fraction of sp³-hybridized carbons (Fsp3) is 0.333. The highest BCUT2D eigenvalue weighted by Gasteiger charge is 2.51. The molecule has 0 bridgehead atoms. The predicted molar refractivity (Wildman–Crippen MR) is 131 cm³/mol. The first-order chi connectivity index (χ1) is 17.2. The van der Waals surface area contributed by atoms with Crippen LogP contribution in [0.25, 0.3) is 0 Å². The highest BCUT2D eigenvalue weighted by molar-refractivity contribution is 5.83. The Bertz CT molecular complexity index is 1170. The van der Waals surface area contributed by atoms with Gasteiger partial charge in [0.1, 0.15) is 5.41 Å². The van der Waals surface area contributed by atoms with E-state index in [1.807, 2.05) is 60.7 Å². The van der Waals surface area contributed by atoms with Gasteiger partial charge in [0.05, 0.1) is 17.7 Å². The number of ether oxygens (including phenoxy) is 1. The molecule has 3 aromatic rings. The van der Waals surface area contributed by atoms with E-state index >= 15 is 0 Å². The summed E-state index contributed by atoms with van der Waals surface area (Å²) in [6, 6.07) is 21.6. The van der Waals surface area contributed by atoms with Gasteiger partial charge in [-0.3, -0.25) is 14.9 Å². The second kappa shape index (κ2) is 10.4. The van der Waals surface area contributed by atoms with E-state index < -0.39 is 35.1 Å². The maximum absolute atomic E-state index is 14.0. The largest absolute Gasteiger partial charge is 0.468 e. The molecule has 1 aliphatic carbocycles. The van der Waals surface area contributed by atoms with Crippen molar-refractivity contribution in [2.45, 2.75) is 50.1 Å². The van der Waals surface area contributed by atoms with Crippen LogP contribution in [0.4, 0.5) is 20.3 Å². The molecule has 1 aliphatic rings. The van der Waals surface area contributed by atoms with Crippen LogP contribution < -0.4 is 4.90 Å². The fourth-order valence-electron chi connectivity index (χ4n) is 4.70. The highest BCUT2D eigenvalue weighted by atomic mass is 19.3. The second-order valence-corrected chi connectivity index (χ2v) is 9.05. The summed E-state index contributed by atoms with van der Waals surface area (Å²) in [7, 11) is 1.21. The van der Waals surface area contributed by atoms with Crippen molar-refractivity contribution >= 4 is 17.5 Å². The number of rotatable bonds is 8. The lowest BCUT2D eigenvalue weighted by atomic mass is 9.70. The summed E-state index contributed by atoms with van der Waals surface area (Å²) in [5.74, 6) is -3.47. The smallest absolute Gasteiger partial charge is 0.317 e. The fourth-order valence-corrected chi connectivity index (χ4v) is 4.70. The van der Waals surface area contributed by atoms with E-state index in [4.69, 9.17) is 4.74 Å². The molecule has 0 unspecified atom stereocenters. The van der Waals surface area contributed by atoms with Crippen molar-refractivity contribution < 1.29 is 23.2 Å². The van der Waals surface area contributed by atoms with E-state index in [-0.39, 0.29) is 30.0 Å². The van der Waals surface area contributed by atoms with Gasteiger partial charge in [-0.15, -0.1) is 0 Å². The first-order valence-electron chi connectivity index (χ1n) is 11.7. The zero-order valence-electron chi connectivity index (χ0n) is 19.9. The number of aromatic nitrogens is 1. The van der Waals surface area contributed by atoms with Crippen LogP contribution in [0.3, 0.4) is 0 Å². The van der Waals surface area contributed by atoms with Gasteiger partial charge in [0.2, 0.25) is 11.7 Å². The number of alkyl halides is 2. The summed E-state index contributed by atoms with van der Waals surface area (Å²) in [6.07, 6.45) is -1.30. The number of benzene rings is 2. The number of hydrogen-bond acceptors (Lipinski definition) is 6. The van der Waals surface area contributed by atoms with Gasteiger partial charge in [-0.05, 0) is 30.0 Å². The lowest BCUT2D eigenvalue weighted by Crippen LogP contribution is -2.44. The topological polar surface area (TPSA) is 85.6 Å². The molecule has 0 N–H and O–H groups in total. The molecule has 1 fully saturated rings. The number of esters is 1. The van der Waals surface area contributed by atoms with E-state index in [1.165, 1.54) is 19.2 Å². The van der Waals surface area contributed by atoms with Crippen molar-refractivity contribution in [3.05, 3.63) is 99.7 Å². The number of nitrogens with zero attached hydrogens (tertiary/aromatic N) is 3. The van der Waals surface area contributed by atoms with Crippen LogP contribution in [0.5, 0.6) is 0 Å². The number of carbonyl (C=O) groups excluding carboxylic acids is 1. The van der Waals surface area contributed by atoms with Gasteiger partial charge in [0.15, 0.2) is 0 Å². The highest BCUT2D eigenvalue weighted by Crippen LogP contribution is 2.46. The SMILES string of the molecule is COC(=O)C1(c2ccc([N+](=O)[O-])c(N(Cc3ccccc3)Cc3ccccc3)n2)CCC(F)(F)CC1. The summed E-state index contributed by atoms with van der Waals surface area (Å²) in [5, 5.41) is 12.0. The average Bonchev–Trinajstić information content (AvgIpc) is 2.89.